The van der Waals surface area contributed by atoms with Gasteiger partial charge in [-0.05, 0) is 87.4 Å². The summed E-state index contributed by atoms with van der Waals surface area (Å²) < 4.78 is 42.1. The summed E-state index contributed by atoms with van der Waals surface area (Å²) in [4.78, 5) is 29.9. The van der Waals surface area contributed by atoms with Crippen LogP contribution in [0.5, 0.6) is 5.75 Å². The SMILES string of the molecule is COc1ccc2c(c1)CC(C)(C(=O)N1C[C@@H](C)O[C@@H](C)C1)Cn1c-2c(C2CCCCC2)c2ccc(C(=O)NS(=O)(=O)N(C)C)cc21. The number of rotatable bonds is 6. The molecule has 2 amide bonds. The number of ether oxygens (including phenoxy) is 2. The molecule has 6 rings (SSSR count). The molecule has 2 aliphatic heterocycles. The van der Waals surface area contributed by atoms with E-state index < -0.39 is 21.5 Å². The number of carbonyl (C=O) groups is 2. The number of carbonyl (C=O) groups excluding carboxylic acids is 2. The van der Waals surface area contributed by atoms with Gasteiger partial charge in [0, 0.05) is 55.8 Å². The first-order chi connectivity index (χ1) is 21.8. The molecular formula is C35H46N4O6S. The summed E-state index contributed by atoms with van der Waals surface area (Å²) in [7, 11) is 0.437. The van der Waals surface area contributed by atoms with Crippen molar-refractivity contribution in [3.05, 3.63) is 53.1 Å². The molecule has 0 spiro atoms. The van der Waals surface area contributed by atoms with Gasteiger partial charge in [0.2, 0.25) is 5.91 Å². The number of amides is 2. The Labute approximate surface area is 272 Å². The maximum Gasteiger partial charge on any atom is 0.303 e. The van der Waals surface area contributed by atoms with Crippen LogP contribution in [0.3, 0.4) is 0 Å². The molecule has 3 aliphatic rings. The van der Waals surface area contributed by atoms with Crippen LogP contribution in [-0.4, -0.2) is 80.5 Å². The third kappa shape index (κ3) is 5.93. The fourth-order valence-corrected chi connectivity index (χ4v) is 8.35. The third-order valence-electron chi connectivity index (χ3n) is 9.96. The number of morpholine rings is 1. The predicted molar refractivity (Wildman–Crippen MR) is 178 cm³/mol. The Morgan fingerprint density at radius 1 is 1.02 bits per heavy atom. The van der Waals surface area contributed by atoms with Gasteiger partial charge in [-0.3, -0.25) is 9.59 Å². The summed E-state index contributed by atoms with van der Waals surface area (Å²) in [6, 6.07) is 11.6. The monoisotopic (exact) mass is 650 g/mol. The summed E-state index contributed by atoms with van der Waals surface area (Å²) in [6.07, 6.45) is 6.06. The first-order valence-corrected chi connectivity index (χ1v) is 17.8. The molecule has 3 atom stereocenters. The first-order valence-electron chi connectivity index (χ1n) is 16.3. The Balaban J connectivity index is 1.57. The summed E-state index contributed by atoms with van der Waals surface area (Å²) in [6.45, 7) is 7.51. The lowest BCUT2D eigenvalue weighted by Crippen LogP contribution is -2.54. The number of hydrogen-bond donors (Lipinski definition) is 1. The molecule has 1 aliphatic carbocycles. The maximum absolute atomic E-state index is 14.6. The lowest BCUT2D eigenvalue weighted by molar-refractivity contribution is -0.153. The van der Waals surface area contributed by atoms with Crippen molar-refractivity contribution >= 4 is 32.9 Å². The lowest BCUT2D eigenvalue weighted by atomic mass is 9.79. The van der Waals surface area contributed by atoms with Gasteiger partial charge in [-0.2, -0.15) is 12.7 Å². The van der Waals surface area contributed by atoms with Crippen LogP contribution >= 0.6 is 0 Å². The van der Waals surface area contributed by atoms with Gasteiger partial charge in [0.05, 0.1) is 30.4 Å². The van der Waals surface area contributed by atoms with Gasteiger partial charge < -0.3 is 18.9 Å². The van der Waals surface area contributed by atoms with Crippen molar-refractivity contribution < 1.29 is 27.5 Å². The fraction of sp³-hybridized carbons (Fsp3) is 0.543. The summed E-state index contributed by atoms with van der Waals surface area (Å²) >= 11 is 0. The van der Waals surface area contributed by atoms with E-state index >= 15 is 0 Å². The molecule has 3 aromatic rings. The molecule has 1 N–H and O–H groups in total. The Hall–Kier alpha value is -3.41. The van der Waals surface area contributed by atoms with Gasteiger partial charge in [-0.1, -0.05) is 25.3 Å². The van der Waals surface area contributed by atoms with Gasteiger partial charge >= 0.3 is 10.2 Å². The highest BCUT2D eigenvalue weighted by molar-refractivity contribution is 7.87. The van der Waals surface area contributed by atoms with Crippen LogP contribution in [0.15, 0.2) is 36.4 Å². The molecule has 0 bridgehead atoms. The number of nitrogens with zero attached hydrogens (tertiary/aromatic N) is 3. The predicted octanol–water partition coefficient (Wildman–Crippen LogP) is 5.10. The molecule has 1 aromatic heterocycles. The van der Waals surface area contributed by atoms with E-state index in [1.807, 2.05) is 37.8 Å². The van der Waals surface area contributed by atoms with Crippen LogP contribution in [0.4, 0.5) is 0 Å². The van der Waals surface area contributed by atoms with Gasteiger partial charge in [0.15, 0.2) is 0 Å². The maximum atomic E-state index is 14.6. The van der Waals surface area contributed by atoms with Crippen molar-refractivity contribution in [3.63, 3.8) is 0 Å². The Kier molecular flexibility index (Phi) is 8.71. The summed E-state index contributed by atoms with van der Waals surface area (Å²) in [5.74, 6) is 0.451. The zero-order valence-electron chi connectivity index (χ0n) is 27.8. The van der Waals surface area contributed by atoms with E-state index in [9.17, 15) is 18.0 Å². The number of benzene rings is 2. The van der Waals surface area contributed by atoms with Crippen molar-refractivity contribution in [2.45, 2.75) is 84.0 Å². The van der Waals surface area contributed by atoms with Crippen LogP contribution in [0.25, 0.3) is 22.2 Å². The second kappa shape index (κ2) is 12.3. The number of aromatic nitrogens is 1. The highest BCUT2D eigenvalue weighted by Gasteiger charge is 2.43. The standard InChI is InChI=1S/C35H46N4O6S/c1-22-19-38(20-23(2)45-22)34(41)35(3)18-26-16-27(44-6)13-15-28(26)32-31(24-10-8-7-9-11-24)29-14-12-25(17-30(29)39(32)21-35)33(40)36-46(42,43)37(4)5/h12-17,22-24H,7-11,18-21H2,1-6H3,(H,36,40)/t22-,23+,35?. The van der Waals surface area contributed by atoms with Crippen molar-refractivity contribution in [1.29, 1.82) is 0 Å². The molecule has 3 heterocycles. The number of hydrogen-bond acceptors (Lipinski definition) is 6. The second-order valence-corrected chi connectivity index (χ2v) is 15.7. The number of fused-ring (bicyclic) bond motifs is 5. The minimum Gasteiger partial charge on any atom is -0.497 e. The molecule has 11 heteroatoms. The minimum absolute atomic E-state index is 0.0603. The van der Waals surface area contributed by atoms with Gasteiger partial charge in [-0.25, -0.2) is 4.72 Å². The van der Waals surface area contributed by atoms with Crippen LogP contribution in [0, 0.1) is 5.41 Å². The molecule has 0 radical (unpaired) electrons. The van der Waals surface area contributed by atoms with Crippen molar-refractivity contribution in [1.82, 2.24) is 18.5 Å². The van der Waals surface area contributed by atoms with Crippen LogP contribution in [0.2, 0.25) is 0 Å². The highest BCUT2D eigenvalue weighted by atomic mass is 32.2. The third-order valence-corrected chi connectivity index (χ3v) is 11.4. The average molecular weight is 651 g/mol. The molecule has 46 heavy (non-hydrogen) atoms. The van der Waals surface area contributed by atoms with E-state index in [4.69, 9.17) is 9.47 Å². The van der Waals surface area contributed by atoms with Gasteiger partial charge in [0.1, 0.15) is 5.75 Å². The van der Waals surface area contributed by atoms with E-state index in [1.165, 1.54) is 26.1 Å². The Morgan fingerprint density at radius 3 is 2.37 bits per heavy atom. The molecule has 248 valence electrons. The van der Waals surface area contributed by atoms with Crippen LogP contribution in [-0.2, 0) is 32.7 Å². The van der Waals surface area contributed by atoms with Crippen molar-refractivity contribution in [3.8, 4) is 17.0 Å². The average Bonchev–Trinajstić information content (AvgIpc) is 3.25. The van der Waals surface area contributed by atoms with E-state index in [-0.39, 0.29) is 23.7 Å². The second-order valence-electron chi connectivity index (χ2n) is 13.9. The molecule has 10 nitrogen and oxygen atoms in total. The van der Waals surface area contributed by atoms with Crippen molar-refractivity contribution in [2.75, 3.05) is 34.3 Å². The van der Waals surface area contributed by atoms with Crippen LogP contribution < -0.4 is 9.46 Å². The number of methoxy groups -OCH3 is 1. The quantitative estimate of drug-likeness (QED) is 0.398. The lowest BCUT2D eigenvalue weighted by Gasteiger charge is -2.40. The fourth-order valence-electron chi connectivity index (χ4n) is 7.81. The van der Waals surface area contributed by atoms with Crippen molar-refractivity contribution in [2.24, 2.45) is 5.41 Å². The smallest absolute Gasteiger partial charge is 0.303 e. The molecule has 1 saturated carbocycles. The summed E-state index contributed by atoms with van der Waals surface area (Å²) in [5.41, 5.74) is 4.72. The van der Waals surface area contributed by atoms with E-state index in [0.717, 1.165) is 63.5 Å². The first kappa shape index (κ1) is 32.5. The molecular weight excluding hydrogens is 604 g/mol. The van der Waals surface area contributed by atoms with E-state index in [0.29, 0.717) is 32.0 Å². The van der Waals surface area contributed by atoms with E-state index in [1.54, 1.807) is 19.2 Å². The molecule has 1 saturated heterocycles. The van der Waals surface area contributed by atoms with Gasteiger partial charge in [0.25, 0.3) is 5.91 Å². The molecule has 2 fully saturated rings. The molecule has 1 unspecified atom stereocenters. The topological polar surface area (TPSA) is 110 Å². The Bertz CT molecular complexity index is 1770. The highest BCUT2D eigenvalue weighted by Crippen LogP contribution is 2.49. The molecule has 2 aromatic carbocycles. The Morgan fingerprint density at radius 2 is 1.72 bits per heavy atom. The zero-order valence-corrected chi connectivity index (χ0v) is 28.6. The largest absolute Gasteiger partial charge is 0.497 e. The minimum atomic E-state index is -3.98. The van der Waals surface area contributed by atoms with Gasteiger partial charge in [-0.15, -0.1) is 0 Å². The summed E-state index contributed by atoms with van der Waals surface area (Å²) in [5, 5.41) is 1.04. The number of nitrogens with one attached hydrogen (secondary N) is 1. The zero-order chi connectivity index (χ0) is 33.0. The van der Waals surface area contributed by atoms with E-state index in [2.05, 4.69) is 21.4 Å². The normalized spacial score (nSPS) is 23.9. The van der Waals surface area contributed by atoms with Crippen LogP contribution in [0.1, 0.15) is 80.3 Å².